The van der Waals surface area contributed by atoms with Gasteiger partial charge in [-0.05, 0) is 49.1 Å². The molecule has 3 atom stereocenters. The summed E-state index contributed by atoms with van der Waals surface area (Å²) in [4.78, 5) is 32.0. The summed E-state index contributed by atoms with van der Waals surface area (Å²) in [5, 5.41) is 2.52. The minimum Gasteiger partial charge on any atom is -0.381 e. The molecule has 2 aromatic rings. The van der Waals surface area contributed by atoms with E-state index in [4.69, 9.17) is 16.3 Å². The lowest BCUT2D eigenvalue weighted by atomic mass is 9.90. The highest BCUT2D eigenvalue weighted by atomic mass is 35.5. The van der Waals surface area contributed by atoms with Crippen molar-refractivity contribution in [1.29, 1.82) is 0 Å². The van der Waals surface area contributed by atoms with E-state index in [2.05, 4.69) is 10.3 Å². The van der Waals surface area contributed by atoms with Gasteiger partial charge in [0.15, 0.2) is 0 Å². The van der Waals surface area contributed by atoms with Crippen LogP contribution in [-0.4, -0.2) is 47.5 Å². The molecule has 3 heterocycles. The highest BCUT2D eigenvalue weighted by molar-refractivity contribution is 6.30. The topological polar surface area (TPSA) is 71.5 Å². The quantitative estimate of drug-likeness (QED) is 0.687. The zero-order chi connectivity index (χ0) is 23.0. The molecule has 9 heteroatoms. The second kappa shape index (κ2) is 9.11. The first-order valence-electron chi connectivity index (χ1n) is 10.5. The summed E-state index contributed by atoms with van der Waals surface area (Å²) in [7, 11) is 0. The van der Waals surface area contributed by atoms with Gasteiger partial charge in [0, 0.05) is 24.2 Å². The molecule has 2 amide bonds. The maximum absolute atomic E-state index is 14.6. The van der Waals surface area contributed by atoms with Crippen molar-refractivity contribution in [2.45, 2.75) is 32.4 Å². The summed E-state index contributed by atoms with van der Waals surface area (Å²) in [5.41, 5.74) is 1.17. The molecule has 1 aromatic carbocycles. The molecule has 1 N–H and O–H groups in total. The number of likely N-dealkylation sites (tertiary alicyclic amines) is 1. The first kappa shape index (κ1) is 22.6. The molecule has 0 saturated carbocycles. The van der Waals surface area contributed by atoms with Gasteiger partial charge in [0.05, 0.1) is 24.3 Å². The lowest BCUT2D eigenvalue weighted by Crippen LogP contribution is -2.50. The standard InChI is InChI=1S/C23H24ClF2N3O3/c1-12-3-4-27-19(5-12)23(31)29-9-13(2)6-20(29)22(30)28-21(14-10-32-11-14)15-7-18(26)16(24)8-17(15)25/h3-5,7-8,13-14,20-21H,6,9-11H2,1-2H3,(H,28,30)/t13-,20-,21-/m1/s1. The van der Waals surface area contributed by atoms with Crippen LogP contribution in [0.1, 0.15) is 41.0 Å². The van der Waals surface area contributed by atoms with Gasteiger partial charge in [-0.25, -0.2) is 8.78 Å². The van der Waals surface area contributed by atoms with Crippen LogP contribution in [0.2, 0.25) is 5.02 Å². The van der Waals surface area contributed by atoms with Crippen LogP contribution in [0.5, 0.6) is 0 Å². The SMILES string of the molecule is Cc1ccnc(C(=O)N2C[C@H](C)C[C@@H]2C(=O)N[C@@H](c2cc(F)c(Cl)cc2F)C2COC2)c1. The molecule has 0 bridgehead atoms. The van der Waals surface area contributed by atoms with E-state index in [1.165, 1.54) is 4.90 Å². The fourth-order valence-corrected chi connectivity index (χ4v) is 4.39. The zero-order valence-corrected chi connectivity index (χ0v) is 18.5. The first-order valence-corrected chi connectivity index (χ1v) is 10.9. The van der Waals surface area contributed by atoms with Gasteiger partial charge in [0.1, 0.15) is 23.4 Å². The van der Waals surface area contributed by atoms with Gasteiger partial charge in [-0.1, -0.05) is 18.5 Å². The maximum Gasteiger partial charge on any atom is 0.273 e. The van der Waals surface area contributed by atoms with Crippen LogP contribution < -0.4 is 5.32 Å². The smallest absolute Gasteiger partial charge is 0.273 e. The molecule has 2 aliphatic rings. The molecule has 32 heavy (non-hydrogen) atoms. The third-order valence-corrected chi connectivity index (χ3v) is 6.31. The number of nitrogens with one attached hydrogen (secondary N) is 1. The molecule has 1 aromatic heterocycles. The minimum atomic E-state index is -0.798. The summed E-state index contributed by atoms with van der Waals surface area (Å²) in [5.74, 6) is -2.32. The van der Waals surface area contributed by atoms with Crippen molar-refractivity contribution in [2.24, 2.45) is 11.8 Å². The van der Waals surface area contributed by atoms with Crippen molar-refractivity contribution in [3.05, 3.63) is 63.9 Å². The fourth-order valence-electron chi connectivity index (χ4n) is 4.24. The monoisotopic (exact) mass is 463 g/mol. The summed E-state index contributed by atoms with van der Waals surface area (Å²) >= 11 is 5.69. The Labute approximate surface area is 189 Å². The molecular weight excluding hydrogens is 440 g/mol. The van der Waals surface area contributed by atoms with E-state index in [9.17, 15) is 18.4 Å². The highest BCUT2D eigenvalue weighted by Crippen LogP contribution is 2.33. The predicted molar refractivity (Wildman–Crippen MR) is 114 cm³/mol. The van der Waals surface area contributed by atoms with Gasteiger partial charge in [-0.3, -0.25) is 14.6 Å². The Hall–Kier alpha value is -2.58. The van der Waals surface area contributed by atoms with Crippen LogP contribution in [-0.2, 0) is 9.53 Å². The molecule has 0 spiro atoms. The van der Waals surface area contributed by atoms with E-state index in [0.29, 0.717) is 26.2 Å². The van der Waals surface area contributed by atoms with Crippen molar-refractivity contribution >= 4 is 23.4 Å². The number of hydrogen-bond acceptors (Lipinski definition) is 4. The Kier molecular flexibility index (Phi) is 6.44. The van der Waals surface area contributed by atoms with Crippen LogP contribution in [0, 0.1) is 30.4 Å². The Balaban J connectivity index is 1.58. The lowest BCUT2D eigenvalue weighted by molar-refractivity contribution is -0.128. The van der Waals surface area contributed by atoms with Crippen LogP contribution in [0.4, 0.5) is 8.78 Å². The third-order valence-electron chi connectivity index (χ3n) is 6.02. The van der Waals surface area contributed by atoms with Crippen molar-refractivity contribution in [2.75, 3.05) is 19.8 Å². The first-order chi connectivity index (χ1) is 15.2. The number of aromatic nitrogens is 1. The number of nitrogens with zero attached hydrogens (tertiary/aromatic N) is 2. The van der Waals surface area contributed by atoms with E-state index >= 15 is 0 Å². The summed E-state index contributed by atoms with van der Waals surface area (Å²) in [6.07, 6.45) is 2.02. The molecule has 4 rings (SSSR count). The van der Waals surface area contributed by atoms with Gasteiger partial charge in [0.2, 0.25) is 5.91 Å². The van der Waals surface area contributed by atoms with Gasteiger partial charge in [-0.15, -0.1) is 0 Å². The number of rotatable bonds is 5. The number of carbonyl (C=O) groups is 2. The van der Waals surface area contributed by atoms with Crippen molar-refractivity contribution in [3.8, 4) is 0 Å². The van der Waals surface area contributed by atoms with E-state index in [0.717, 1.165) is 17.7 Å². The van der Waals surface area contributed by atoms with Gasteiger partial charge >= 0.3 is 0 Å². The van der Waals surface area contributed by atoms with E-state index < -0.39 is 29.6 Å². The number of hydrogen-bond donors (Lipinski definition) is 1. The molecule has 0 radical (unpaired) electrons. The largest absolute Gasteiger partial charge is 0.381 e. The number of aryl methyl sites for hydroxylation is 1. The molecule has 0 unspecified atom stereocenters. The molecule has 2 saturated heterocycles. The molecular formula is C23H24ClF2N3O3. The zero-order valence-electron chi connectivity index (χ0n) is 17.8. The van der Waals surface area contributed by atoms with Crippen LogP contribution in [0.25, 0.3) is 0 Å². The summed E-state index contributed by atoms with van der Waals surface area (Å²) < 4.78 is 33.9. The molecule has 6 nitrogen and oxygen atoms in total. The van der Waals surface area contributed by atoms with Crippen molar-refractivity contribution in [3.63, 3.8) is 0 Å². The second-order valence-electron chi connectivity index (χ2n) is 8.60. The van der Waals surface area contributed by atoms with Crippen LogP contribution >= 0.6 is 11.6 Å². The molecule has 0 aliphatic carbocycles. The number of halogens is 3. The maximum atomic E-state index is 14.6. The Morgan fingerprint density at radius 3 is 2.66 bits per heavy atom. The average molecular weight is 464 g/mol. The summed E-state index contributed by atoms with van der Waals surface area (Å²) in [6, 6.07) is 3.86. The van der Waals surface area contributed by atoms with Gasteiger partial charge in [0.25, 0.3) is 5.91 Å². The summed E-state index contributed by atoms with van der Waals surface area (Å²) in [6.45, 7) is 4.86. The van der Waals surface area contributed by atoms with Crippen LogP contribution in [0.3, 0.4) is 0 Å². The van der Waals surface area contributed by atoms with Gasteiger partial charge in [-0.2, -0.15) is 0 Å². The van der Waals surface area contributed by atoms with Crippen molar-refractivity contribution in [1.82, 2.24) is 15.2 Å². The number of pyridine rings is 1. The Morgan fingerprint density at radius 1 is 1.25 bits per heavy atom. The Bertz CT molecular complexity index is 1050. The lowest BCUT2D eigenvalue weighted by Gasteiger charge is -2.36. The number of carbonyl (C=O) groups excluding carboxylic acids is 2. The normalized spacial score (nSPS) is 21.8. The Morgan fingerprint density at radius 2 is 2.00 bits per heavy atom. The predicted octanol–water partition coefficient (Wildman–Crippen LogP) is 3.68. The number of ether oxygens (including phenoxy) is 1. The number of amides is 2. The van der Waals surface area contributed by atoms with Gasteiger partial charge < -0.3 is 15.0 Å². The number of benzene rings is 1. The highest BCUT2D eigenvalue weighted by Gasteiger charge is 2.41. The van der Waals surface area contributed by atoms with E-state index in [1.54, 1.807) is 18.3 Å². The fraction of sp³-hybridized carbons (Fsp3) is 0.435. The minimum absolute atomic E-state index is 0.0119. The van der Waals surface area contributed by atoms with E-state index in [-0.39, 0.29) is 34.0 Å². The van der Waals surface area contributed by atoms with Crippen molar-refractivity contribution < 1.29 is 23.1 Å². The molecule has 170 valence electrons. The van der Waals surface area contributed by atoms with Crippen LogP contribution in [0.15, 0.2) is 30.5 Å². The average Bonchev–Trinajstić information content (AvgIpc) is 3.10. The third kappa shape index (κ3) is 4.47. The molecule has 2 fully saturated rings. The second-order valence-corrected chi connectivity index (χ2v) is 9.01. The molecule has 2 aliphatic heterocycles. The van der Waals surface area contributed by atoms with E-state index in [1.807, 2.05) is 13.8 Å².